The van der Waals surface area contributed by atoms with E-state index in [0.717, 1.165) is 0 Å². The molecule has 0 aromatic heterocycles. The number of hydrogen-bond donors (Lipinski definition) is 6. The van der Waals surface area contributed by atoms with Gasteiger partial charge in [0, 0.05) is 5.92 Å². The SMILES string of the molecule is CN(C)[C@](C)(C(=O)O)C(CO)C1O[C@H](CO)[C@H](O)[C@H](O)[C@H]1O. The average molecular weight is 323 g/mol. The van der Waals surface area contributed by atoms with Gasteiger partial charge in [0.05, 0.1) is 19.3 Å². The normalized spacial score (nSPS) is 36.9. The van der Waals surface area contributed by atoms with Gasteiger partial charge in [0.1, 0.15) is 30.0 Å². The summed E-state index contributed by atoms with van der Waals surface area (Å²) in [5, 5.41) is 58.1. The molecule has 1 aliphatic rings. The lowest BCUT2D eigenvalue weighted by Crippen LogP contribution is -2.67. The van der Waals surface area contributed by atoms with Crippen LogP contribution in [0.4, 0.5) is 0 Å². The molecule has 0 radical (unpaired) electrons. The molecule has 0 saturated carbocycles. The molecule has 1 saturated heterocycles. The van der Waals surface area contributed by atoms with E-state index in [2.05, 4.69) is 0 Å². The molecule has 7 atom stereocenters. The van der Waals surface area contributed by atoms with Gasteiger partial charge in [-0.1, -0.05) is 0 Å². The molecule has 2 unspecified atom stereocenters. The Kier molecular flexibility index (Phi) is 6.27. The number of aliphatic carboxylic acids is 1. The second kappa shape index (κ2) is 7.18. The highest BCUT2D eigenvalue weighted by atomic mass is 16.5. The van der Waals surface area contributed by atoms with Crippen molar-refractivity contribution in [3.63, 3.8) is 0 Å². The van der Waals surface area contributed by atoms with Gasteiger partial charge in [-0.3, -0.25) is 9.69 Å². The average Bonchev–Trinajstić information content (AvgIpc) is 2.47. The number of aliphatic hydroxyl groups excluding tert-OH is 5. The Bertz CT molecular complexity index is 390. The molecule has 130 valence electrons. The monoisotopic (exact) mass is 323 g/mol. The lowest BCUT2D eigenvalue weighted by molar-refractivity contribution is -0.253. The highest BCUT2D eigenvalue weighted by Gasteiger charge is 2.54. The lowest BCUT2D eigenvalue weighted by atomic mass is 9.76. The molecule has 9 heteroatoms. The predicted octanol–water partition coefficient (Wildman–Crippen LogP) is -3.16. The number of rotatable bonds is 6. The summed E-state index contributed by atoms with van der Waals surface area (Å²) < 4.78 is 5.37. The minimum atomic E-state index is -1.62. The molecule has 0 aromatic carbocycles. The Morgan fingerprint density at radius 2 is 1.73 bits per heavy atom. The van der Waals surface area contributed by atoms with Gasteiger partial charge in [0.2, 0.25) is 0 Å². The third-order valence-electron chi connectivity index (χ3n) is 4.61. The highest BCUT2D eigenvalue weighted by Crippen LogP contribution is 2.34. The second-order valence-corrected chi connectivity index (χ2v) is 5.93. The van der Waals surface area contributed by atoms with E-state index in [-0.39, 0.29) is 0 Å². The standard InChI is InChI=1S/C13H25NO8/c1-13(12(20)21,14(2)3)6(4-15)11-10(19)9(18)8(17)7(5-16)22-11/h6-11,15-19H,4-5H2,1-3H3,(H,20,21)/t6?,7-,8+,9+,10-,11?,13+/m1/s1. The molecule has 0 aromatic rings. The fourth-order valence-electron chi connectivity index (χ4n) is 2.75. The van der Waals surface area contributed by atoms with Crippen LogP contribution in [-0.2, 0) is 9.53 Å². The van der Waals surface area contributed by atoms with Crippen molar-refractivity contribution >= 4 is 5.97 Å². The van der Waals surface area contributed by atoms with E-state index in [4.69, 9.17) is 4.74 Å². The largest absolute Gasteiger partial charge is 0.480 e. The quantitative estimate of drug-likeness (QED) is 0.297. The molecule has 1 aliphatic heterocycles. The molecule has 22 heavy (non-hydrogen) atoms. The Hall–Kier alpha value is -0.810. The number of likely N-dealkylation sites (N-methyl/N-ethyl adjacent to an activating group) is 1. The van der Waals surface area contributed by atoms with Crippen LogP contribution in [-0.4, -0.2) is 105 Å². The van der Waals surface area contributed by atoms with Gasteiger partial charge in [0.25, 0.3) is 0 Å². The summed E-state index contributed by atoms with van der Waals surface area (Å²) in [6, 6.07) is 0. The molecule has 1 heterocycles. The number of aliphatic hydroxyl groups is 5. The highest BCUT2D eigenvalue weighted by molar-refractivity contribution is 5.78. The molecular weight excluding hydrogens is 298 g/mol. The summed E-state index contributed by atoms with van der Waals surface area (Å²) in [4.78, 5) is 13.0. The van der Waals surface area contributed by atoms with Crippen molar-refractivity contribution in [1.82, 2.24) is 4.90 Å². The zero-order valence-corrected chi connectivity index (χ0v) is 12.8. The lowest BCUT2D eigenvalue weighted by Gasteiger charge is -2.48. The van der Waals surface area contributed by atoms with Crippen LogP contribution >= 0.6 is 0 Å². The molecule has 0 aliphatic carbocycles. The maximum Gasteiger partial charge on any atom is 0.324 e. The predicted molar refractivity (Wildman–Crippen MR) is 74.1 cm³/mol. The molecular formula is C13H25NO8. The number of ether oxygens (including phenoxy) is 1. The Balaban J connectivity index is 3.19. The third kappa shape index (κ3) is 3.11. The van der Waals surface area contributed by atoms with Crippen LogP contribution < -0.4 is 0 Å². The Morgan fingerprint density at radius 3 is 2.09 bits per heavy atom. The molecule has 0 spiro atoms. The first-order chi connectivity index (χ1) is 10.1. The topological polar surface area (TPSA) is 151 Å². The molecule has 0 amide bonds. The van der Waals surface area contributed by atoms with Crippen LogP contribution in [0.25, 0.3) is 0 Å². The summed E-state index contributed by atoms with van der Waals surface area (Å²) in [6.07, 6.45) is -7.19. The maximum atomic E-state index is 11.7. The van der Waals surface area contributed by atoms with E-state index in [9.17, 15) is 35.4 Å². The summed E-state index contributed by atoms with van der Waals surface area (Å²) in [5.74, 6) is -2.35. The van der Waals surface area contributed by atoms with Crippen molar-refractivity contribution < 1.29 is 40.2 Å². The van der Waals surface area contributed by atoms with Crippen LogP contribution in [0.1, 0.15) is 6.92 Å². The first-order valence-corrected chi connectivity index (χ1v) is 6.95. The molecule has 6 N–H and O–H groups in total. The number of carboxylic acid groups (broad SMARTS) is 1. The number of carboxylic acids is 1. The van der Waals surface area contributed by atoms with Gasteiger partial charge in [-0.05, 0) is 21.0 Å². The van der Waals surface area contributed by atoms with Gasteiger partial charge >= 0.3 is 5.97 Å². The fraction of sp³-hybridized carbons (Fsp3) is 0.923. The van der Waals surface area contributed by atoms with E-state index in [0.29, 0.717) is 0 Å². The fourth-order valence-corrected chi connectivity index (χ4v) is 2.75. The van der Waals surface area contributed by atoms with E-state index in [1.54, 1.807) is 0 Å². The van der Waals surface area contributed by atoms with Crippen molar-refractivity contribution in [3.05, 3.63) is 0 Å². The van der Waals surface area contributed by atoms with Crippen LogP contribution in [0.15, 0.2) is 0 Å². The van der Waals surface area contributed by atoms with Crippen molar-refractivity contribution in [2.24, 2.45) is 5.92 Å². The van der Waals surface area contributed by atoms with Crippen LogP contribution in [0.3, 0.4) is 0 Å². The minimum Gasteiger partial charge on any atom is -0.480 e. The second-order valence-electron chi connectivity index (χ2n) is 5.93. The number of nitrogens with zero attached hydrogens (tertiary/aromatic N) is 1. The molecule has 0 bridgehead atoms. The van der Waals surface area contributed by atoms with Crippen LogP contribution in [0, 0.1) is 5.92 Å². The van der Waals surface area contributed by atoms with Gasteiger partial charge in [0.15, 0.2) is 0 Å². The van der Waals surface area contributed by atoms with Crippen molar-refractivity contribution in [3.8, 4) is 0 Å². The summed E-state index contributed by atoms with van der Waals surface area (Å²) in [6.45, 7) is 0.104. The van der Waals surface area contributed by atoms with Crippen molar-refractivity contribution in [2.45, 2.75) is 43.0 Å². The first kappa shape index (κ1) is 19.2. The van der Waals surface area contributed by atoms with Crippen LogP contribution in [0.2, 0.25) is 0 Å². The molecule has 1 rings (SSSR count). The van der Waals surface area contributed by atoms with Crippen LogP contribution in [0.5, 0.6) is 0 Å². The van der Waals surface area contributed by atoms with Gasteiger partial charge in [-0.2, -0.15) is 0 Å². The molecule has 9 nitrogen and oxygen atoms in total. The van der Waals surface area contributed by atoms with E-state index in [1.807, 2.05) is 0 Å². The third-order valence-corrected chi connectivity index (χ3v) is 4.61. The minimum absolute atomic E-state index is 0.620. The van der Waals surface area contributed by atoms with Gasteiger partial charge in [-0.15, -0.1) is 0 Å². The molecule has 1 fully saturated rings. The Labute approximate surface area is 128 Å². The maximum absolute atomic E-state index is 11.7. The zero-order valence-electron chi connectivity index (χ0n) is 12.8. The summed E-state index contributed by atoms with van der Waals surface area (Å²) in [7, 11) is 3.00. The Morgan fingerprint density at radius 1 is 1.18 bits per heavy atom. The summed E-state index contributed by atoms with van der Waals surface area (Å²) >= 11 is 0. The van der Waals surface area contributed by atoms with Gasteiger partial charge in [-0.25, -0.2) is 0 Å². The number of hydrogen-bond acceptors (Lipinski definition) is 8. The van der Waals surface area contributed by atoms with E-state index >= 15 is 0 Å². The summed E-state index contributed by atoms with van der Waals surface area (Å²) in [5.41, 5.74) is -1.59. The zero-order chi connectivity index (χ0) is 17.2. The first-order valence-electron chi connectivity index (χ1n) is 6.95. The smallest absolute Gasteiger partial charge is 0.324 e. The van der Waals surface area contributed by atoms with E-state index < -0.39 is 61.2 Å². The van der Waals surface area contributed by atoms with Crippen molar-refractivity contribution in [2.75, 3.05) is 27.3 Å². The van der Waals surface area contributed by atoms with E-state index in [1.165, 1.54) is 25.9 Å². The number of carbonyl (C=O) groups is 1. The van der Waals surface area contributed by atoms with Crippen molar-refractivity contribution in [1.29, 1.82) is 0 Å². The van der Waals surface area contributed by atoms with Gasteiger partial charge < -0.3 is 35.4 Å².